The van der Waals surface area contributed by atoms with Crippen molar-refractivity contribution < 1.29 is 8.42 Å². The second kappa shape index (κ2) is 6.61. The van der Waals surface area contributed by atoms with Gasteiger partial charge in [-0.3, -0.25) is 4.90 Å². The van der Waals surface area contributed by atoms with Crippen molar-refractivity contribution >= 4 is 10.2 Å². The topological polar surface area (TPSA) is 67.6 Å². The van der Waals surface area contributed by atoms with Gasteiger partial charge in [0, 0.05) is 39.3 Å². The van der Waals surface area contributed by atoms with Crippen molar-refractivity contribution in [3.8, 4) is 6.07 Å². The minimum absolute atomic E-state index is 0.476. The first-order chi connectivity index (χ1) is 9.88. The average Bonchev–Trinajstić information content (AvgIpc) is 2.77. The fourth-order valence-electron chi connectivity index (χ4n) is 2.98. The van der Waals surface area contributed by atoms with Gasteiger partial charge in [-0.15, -0.1) is 0 Å². The molecule has 0 aliphatic carbocycles. The van der Waals surface area contributed by atoms with Crippen molar-refractivity contribution in [3.05, 3.63) is 0 Å². The van der Waals surface area contributed by atoms with Crippen LogP contribution in [0.5, 0.6) is 0 Å². The first-order valence-electron chi connectivity index (χ1n) is 7.79. The van der Waals surface area contributed by atoms with Crippen LogP contribution in [0.4, 0.5) is 0 Å². The predicted octanol–water partition coefficient (Wildman–Crippen LogP) is 1.03. The summed E-state index contributed by atoms with van der Waals surface area (Å²) < 4.78 is 28.6. The first-order valence-corrected chi connectivity index (χ1v) is 9.19. The molecule has 0 bridgehead atoms. The summed E-state index contributed by atoms with van der Waals surface area (Å²) in [7, 11) is -3.33. The fourth-order valence-corrected chi connectivity index (χ4v) is 4.66. The maximum absolute atomic E-state index is 12.7. The third kappa shape index (κ3) is 3.75. The lowest BCUT2D eigenvalue weighted by atomic mass is 10.0. The largest absolute Gasteiger partial charge is 0.283 e. The van der Waals surface area contributed by atoms with Crippen LogP contribution in [0, 0.1) is 11.3 Å². The molecule has 0 amide bonds. The Morgan fingerprint density at radius 2 is 1.33 bits per heavy atom. The van der Waals surface area contributed by atoms with Gasteiger partial charge in [0.1, 0.15) is 5.54 Å². The van der Waals surface area contributed by atoms with Crippen molar-refractivity contribution in [2.75, 3.05) is 39.3 Å². The Labute approximate surface area is 128 Å². The second-order valence-corrected chi connectivity index (χ2v) is 8.31. The second-order valence-electron chi connectivity index (χ2n) is 6.38. The van der Waals surface area contributed by atoms with Gasteiger partial charge in [0.05, 0.1) is 6.07 Å². The van der Waals surface area contributed by atoms with E-state index < -0.39 is 15.7 Å². The van der Waals surface area contributed by atoms with Gasteiger partial charge in [0.25, 0.3) is 10.2 Å². The van der Waals surface area contributed by atoms with Gasteiger partial charge < -0.3 is 0 Å². The number of piperazine rings is 1. The van der Waals surface area contributed by atoms with Gasteiger partial charge in [-0.05, 0) is 26.7 Å². The van der Waals surface area contributed by atoms with Gasteiger partial charge in [0.2, 0.25) is 0 Å². The number of hydrogen-bond acceptors (Lipinski definition) is 4. The Balaban J connectivity index is 1.99. The van der Waals surface area contributed by atoms with Crippen LogP contribution in [0.1, 0.15) is 39.5 Å². The van der Waals surface area contributed by atoms with E-state index in [1.165, 1.54) is 0 Å². The fraction of sp³-hybridized carbons (Fsp3) is 0.929. The molecule has 0 spiro atoms. The summed E-state index contributed by atoms with van der Waals surface area (Å²) in [5.41, 5.74) is -0.529. The SMILES string of the molecule is CC(C)(C#N)N1CCN(S(=O)(=O)N2CCCCCC2)CC1. The van der Waals surface area contributed by atoms with Gasteiger partial charge >= 0.3 is 0 Å². The summed E-state index contributed by atoms with van der Waals surface area (Å²) in [5.74, 6) is 0. The van der Waals surface area contributed by atoms with E-state index in [9.17, 15) is 13.7 Å². The highest BCUT2D eigenvalue weighted by molar-refractivity contribution is 7.86. The van der Waals surface area contributed by atoms with E-state index in [0.717, 1.165) is 25.7 Å². The highest BCUT2D eigenvalue weighted by Crippen LogP contribution is 2.21. The monoisotopic (exact) mass is 314 g/mol. The molecule has 2 heterocycles. The van der Waals surface area contributed by atoms with Crippen LogP contribution in [0.25, 0.3) is 0 Å². The molecule has 2 fully saturated rings. The molecule has 2 aliphatic rings. The van der Waals surface area contributed by atoms with Crippen LogP contribution in [0.15, 0.2) is 0 Å². The normalized spacial score (nSPS) is 24.4. The molecule has 2 rings (SSSR count). The Morgan fingerprint density at radius 1 is 0.857 bits per heavy atom. The Morgan fingerprint density at radius 3 is 1.81 bits per heavy atom. The van der Waals surface area contributed by atoms with Crippen molar-refractivity contribution in [2.45, 2.75) is 45.1 Å². The van der Waals surface area contributed by atoms with Crippen molar-refractivity contribution in [2.24, 2.45) is 0 Å². The van der Waals surface area contributed by atoms with Crippen LogP contribution in [0.2, 0.25) is 0 Å². The van der Waals surface area contributed by atoms with Crippen LogP contribution >= 0.6 is 0 Å². The lowest BCUT2D eigenvalue weighted by molar-refractivity contribution is 0.112. The molecule has 0 N–H and O–H groups in total. The molecular formula is C14H26N4O2S. The molecular weight excluding hydrogens is 288 g/mol. The Hall–Kier alpha value is -0.680. The average molecular weight is 314 g/mol. The Kier molecular flexibility index (Phi) is 5.25. The molecule has 0 aromatic rings. The maximum Gasteiger partial charge on any atom is 0.282 e. The highest BCUT2D eigenvalue weighted by Gasteiger charge is 2.36. The van der Waals surface area contributed by atoms with Crippen LogP contribution in [-0.4, -0.2) is 66.7 Å². The van der Waals surface area contributed by atoms with Gasteiger partial charge in [-0.25, -0.2) is 0 Å². The zero-order valence-corrected chi connectivity index (χ0v) is 13.9. The molecule has 6 nitrogen and oxygen atoms in total. The van der Waals surface area contributed by atoms with Gasteiger partial charge in [-0.2, -0.15) is 22.3 Å². The lowest BCUT2D eigenvalue weighted by Gasteiger charge is -2.41. The number of nitriles is 1. The molecule has 2 saturated heterocycles. The van der Waals surface area contributed by atoms with Crippen LogP contribution in [-0.2, 0) is 10.2 Å². The molecule has 21 heavy (non-hydrogen) atoms. The van der Waals surface area contributed by atoms with Crippen LogP contribution < -0.4 is 0 Å². The van der Waals surface area contributed by atoms with Crippen molar-refractivity contribution in [1.29, 1.82) is 5.26 Å². The molecule has 7 heteroatoms. The summed E-state index contributed by atoms with van der Waals surface area (Å²) >= 11 is 0. The van der Waals surface area contributed by atoms with E-state index in [-0.39, 0.29) is 0 Å². The molecule has 0 radical (unpaired) electrons. The summed E-state index contributed by atoms with van der Waals surface area (Å²) in [5, 5.41) is 9.18. The van der Waals surface area contributed by atoms with Gasteiger partial charge in [-0.1, -0.05) is 12.8 Å². The van der Waals surface area contributed by atoms with E-state index in [0.29, 0.717) is 39.3 Å². The van der Waals surface area contributed by atoms with E-state index in [1.807, 2.05) is 13.8 Å². The number of rotatable bonds is 3. The predicted molar refractivity (Wildman–Crippen MR) is 81.8 cm³/mol. The number of nitrogens with zero attached hydrogens (tertiary/aromatic N) is 4. The molecule has 0 aromatic carbocycles. The van der Waals surface area contributed by atoms with Crippen molar-refractivity contribution in [1.82, 2.24) is 13.5 Å². The van der Waals surface area contributed by atoms with Gasteiger partial charge in [0.15, 0.2) is 0 Å². The summed E-state index contributed by atoms with van der Waals surface area (Å²) in [6.45, 7) is 7.24. The lowest BCUT2D eigenvalue weighted by Crippen LogP contribution is -2.57. The molecule has 0 saturated carbocycles. The molecule has 2 aliphatic heterocycles. The standard InChI is InChI=1S/C14H26N4O2S/c1-14(2,13-15)16-9-11-18(12-10-16)21(19,20)17-7-5-3-4-6-8-17/h3-12H2,1-2H3. The molecule has 0 unspecified atom stereocenters. The van der Waals surface area contributed by atoms with Crippen molar-refractivity contribution in [3.63, 3.8) is 0 Å². The number of hydrogen-bond donors (Lipinski definition) is 0. The highest BCUT2D eigenvalue weighted by atomic mass is 32.2. The zero-order valence-electron chi connectivity index (χ0n) is 13.1. The summed E-state index contributed by atoms with van der Waals surface area (Å²) in [6.07, 6.45) is 4.16. The minimum atomic E-state index is -3.33. The smallest absolute Gasteiger partial charge is 0.282 e. The van der Waals surface area contributed by atoms with E-state index in [1.54, 1.807) is 8.61 Å². The van der Waals surface area contributed by atoms with E-state index in [2.05, 4.69) is 11.0 Å². The molecule has 0 atom stereocenters. The third-order valence-corrected chi connectivity index (χ3v) is 6.56. The zero-order chi connectivity index (χ0) is 15.5. The van der Waals surface area contributed by atoms with E-state index in [4.69, 9.17) is 0 Å². The maximum atomic E-state index is 12.7. The third-order valence-electron chi connectivity index (χ3n) is 4.52. The molecule has 120 valence electrons. The minimum Gasteiger partial charge on any atom is -0.283 e. The molecule has 0 aromatic heterocycles. The van der Waals surface area contributed by atoms with Crippen LogP contribution in [0.3, 0.4) is 0 Å². The quantitative estimate of drug-likeness (QED) is 0.780. The Bertz CT molecular complexity index is 482. The summed E-state index contributed by atoms with van der Waals surface area (Å²) in [4.78, 5) is 2.06. The summed E-state index contributed by atoms with van der Waals surface area (Å²) in [6, 6.07) is 2.28. The van der Waals surface area contributed by atoms with E-state index >= 15 is 0 Å². The first kappa shape index (κ1) is 16.7.